The van der Waals surface area contributed by atoms with Gasteiger partial charge in [-0.3, -0.25) is 10.1 Å². The molecule has 3 aromatic rings. The van der Waals surface area contributed by atoms with E-state index < -0.39 is 0 Å². The van der Waals surface area contributed by atoms with Gasteiger partial charge in [0, 0.05) is 16.5 Å². The molecular weight excluding hydrogens is 416 g/mol. The minimum atomic E-state index is -0.309. The zero-order valence-corrected chi connectivity index (χ0v) is 18.9. The molecular formula is C23H26N2O5S. The number of hydrogen-bond donors (Lipinski definition) is 1. The lowest BCUT2D eigenvalue weighted by Gasteiger charge is -2.16. The number of methoxy groups -OCH3 is 1. The number of nitrogens with zero attached hydrogens (tertiary/aromatic N) is 1. The second-order valence-electron chi connectivity index (χ2n) is 6.32. The van der Waals surface area contributed by atoms with Gasteiger partial charge < -0.3 is 18.9 Å². The minimum absolute atomic E-state index is 0.309. The number of thiazole rings is 1. The summed E-state index contributed by atoms with van der Waals surface area (Å²) in [4.78, 5) is 17.5. The van der Waals surface area contributed by atoms with E-state index in [1.54, 1.807) is 19.2 Å². The monoisotopic (exact) mass is 442 g/mol. The van der Waals surface area contributed by atoms with Crippen LogP contribution in [-0.2, 0) is 0 Å². The summed E-state index contributed by atoms with van der Waals surface area (Å²) in [6.45, 7) is 6.96. The molecule has 2 aromatic carbocycles. The number of hydrogen-bond acceptors (Lipinski definition) is 7. The maximum Gasteiger partial charge on any atom is 0.257 e. The average Bonchev–Trinajstić information content (AvgIpc) is 3.24. The Balaban J connectivity index is 1.85. The van der Waals surface area contributed by atoms with Crippen molar-refractivity contribution in [3.05, 3.63) is 47.3 Å². The summed E-state index contributed by atoms with van der Waals surface area (Å²) >= 11 is 1.35. The summed E-state index contributed by atoms with van der Waals surface area (Å²) < 4.78 is 22.3. The Labute approximate surface area is 185 Å². The molecule has 0 saturated heterocycles. The van der Waals surface area contributed by atoms with Gasteiger partial charge in [0.2, 0.25) is 5.75 Å². The summed E-state index contributed by atoms with van der Waals surface area (Å²) in [5.41, 5.74) is 2.07. The SMILES string of the molecule is CCOc1cc(C(=O)Nc2nc(-c3cccc(OC)c3)cs2)cc(OCC)c1OCC. The number of carbonyl (C=O) groups is 1. The van der Waals surface area contributed by atoms with Crippen LogP contribution < -0.4 is 24.3 Å². The van der Waals surface area contributed by atoms with Crippen molar-refractivity contribution < 1.29 is 23.7 Å². The Kier molecular flexibility index (Phi) is 7.72. The van der Waals surface area contributed by atoms with E-state index in [1.165, 1.54) is 11.3 Å². The van der Waals surface area contributed by atoms with Gasteiger partial charge in [-0.05, 0) is 45.0 Å². The molecule has 3 rings (SSSR count). The zero-order chi connectivity index (χ0) is 22.2. The third-order valence-electron chi connectivity index (χ3n) is 4.26. The quantitative estimate of drug-likeness (QED) is 0.461. The van der Waals surface area contributed by atoms with Crippen molar-refractivity contribution in [1.29, 1.82) is 0 Å². The summed E-state index contributed by atoms with van der Waals surface area (Å²) in [6, 6.07) is 10.9. The van der Waals surface area contributed by atoms with Crippen molar-refractivity contribution in [2.24, 2.45) is 0 Å². The van der Waals surface area contributed by atoms with E-state index in [0.29, 0.717) is 47.8 Å². The highest BCUT2D eigenvalue weighted by Crippen LogP contribution is 2.39. The number of rotatable bonds is 10. The van der Waals surface area contributed by atoms with Gasteiger partial charge in [0.25, 0.3) is 5.91 Å². The minimum Gasteiger partial charge on any atom is -0.497 e. The highest BCUT2D eigenvalue weighted by Gasteiger charge is 2.19. The summed E-state index contributed by atoms with van der Waals surface area (Å²) in [5.74, 6) is 1.87. The van der Waals surface area contributed by atoms with Crippen molar-refractivity contribution in [3.63, 3.8) is 0 Å². The molecule has 0 aliphatic rings. The second-order valence-corrected chi connectivity index (χ2v) is 7.18. The Morgan fingerprint density at radius 2 is 1.68 bits per heavy atom. The number of nitrogens with one attached hydrogen (secondary N) is 1. The molecule has 0 fully saturated rings. The highest BCUT2D eigenvalue weighted by molar-refractivity contribution is 7.14. The number of ether oxygens (including phenoxy) is 4. The molecule has 8 heteroatoms. The van der Waals surface area contributed by atoms with Crippen LogP contribution in [0.25, 0.3) is 11.3 Å². The molecule has 0 bridgehead atoms. The molecule has 7 nitrogen and oxygen atoms in total. The van der Waals surface area contributed by atoms with Crippen LogP contribution in [0.5, 0.6) is 23.0 Å². The van der Waals surface area contributed by atoms with Crippen molar-refractivity contribution in [1.82, 2.24) is 4.98 Å². The lowest BCUT2D eigenvalue weighted by atomic mass is 10.1. The van der Waals surface area contributed by atoms with E-state index in [4.69, 9.17) is 18.9 Å². The van der Waals surface area contributed by atoms with Gasteiger partial charge in [-0.25, -0.2) is 4.98 Å². The molecule has 0 aliphatic heterocycles. The van der Waals surface area contributed by atoms with Crippen LogP contribution in [-0.4, -0.2) is 37.8 Å². The molecule has 0 radical (unpaired) electrons. The van der Waals surface area contributed by atoms with Crippen LogP contribution in [0, 0.1) is 0 Å². The second kappa shape index (κ2) is 10.7. The lowest BCUT2D eigenvalue weighted by molar-refractivity contribution is 0.102. The normalized spacial score (nSPS) is 10.5. The number of amides is 1. The van der Waals surface area contributed by atoms with Crippen LogP contribution >= 0.6 is 11.3 Å². The molecule has 0 unspecified atom stereocenters. The van der Waals surface area contributed by atoms with Crippen molar-refractivity contribution in [3.8, 4) is 34.3 Å². The molecule has 1 N–H and O–H groups in total. The number of anilines is 1. The van der Waals surface area contributed by atoms with Crippen LogP contribution in [0.15, 0.2) is 41.8 Å². The largest absolute Gasteiger partial charge is 0.497 e. The Morgan fingerprint density at radius 1 is 1.00 bits per heavy atom. The lowest BCUT2D eigenvalue weighted by Crippen LogP contribution is -2.13. The average molecular weight is 443 g/mol. The molecule has 0 saturated carbocycles. The maximum absolute atomic E-state index is 12.9. The van der Waals surface area contributed by atoms with Crippen molar-refractivity contribution >= 4 is 22.4 Å². The van der Waals surface area contributed by atoms with Gasteiger partial charge in [-0.2, -0.15) is 0 Å². The smallest absolute Gasteiger partial charge is 0.257 e. The third kappa shape index (κ3) is 5.46. The van der Waals surface area contributed by atoms with E-state index in [-0.39, 0.29) is 5.91 Å². The van der Waals surface area contributed by atoms with Crippen LogP contribution in [0.4, 0.5) is 5.13 Å². The first-order valence-electron chi connectivity index (χ1n) is 10.1. The maximum atomic E-state index is 12.9. The number of aromatic nitrogens is 1. The van der Waals surface area contributed by atoms with E-state index in [1.807, 2.05) is 50.4 Å². The van der Waals surface area contributed by atoms with Gasteiger partial charge in [0.15, 0.2) is 16.6 Å². The predicted octanol–water partition coefficient (Wildman–Crippen LogP) is 5.27. The first-order valence-corrected chi connectivity index (χ1v) is 10.9. The molecule has 1 heterocycles. The Hall–Kier alpha value is -3.26. The van der Waals surface area contributed by atoms with Crippen LogP contribution in [0.2, 0.25) is 0 Å². The Bertz CT molecular complexity index is 1010. The van der Waals surface area contributed by atoms with Crippen molar-refractivity contribution in [2.75, 3.05) is 32.2 Å². The van der Waals surface area contributed by atoms with Gasteiger partial charge in [0.05, 0.1) is 32.6 Å². The molecule has 164 valence electrons. The standard InChI is InChI=1S/C23H26N2O5S/c1-5-28-19-12-16(13-20(29-6-2)21(19)30-7-3)22(26)25-23-24-18(14-31-23)15-9-8-10-17(11-15)27-4/h8-14H,5-7H2,1-4H3,(H,24,25,26). The highest BCUT2D eigenvalue weighted by atomic mass is 32.1. The number of benzene rings is 2. The zero-order valence-electron chi connectivity index (χ0n) is 18.1. The first-order chi connectivity index (χ1) is 15.1. The molecule has 0 spiro atoms. The summed E-state index contributed by atoms with van der Waals surface area (Å²) in [5, 5.41) is 5.23. The summed E-state index contributed by atoms with van der Waals surface area (Å²) in [6.07, 6.45) is 0. The van der Waals surface area contributed by atoms with Gasteiger partial charge in [-0.1, -0.05) is 12.1 Å². The molecule has 1 amide bonds. The molecule has 31 heavy (non-hydrogen) atoms. The fourth-order valence-corrected chi connectivity index (χ4v) is 3.65. The van der Waals surface area contributed by atoms with E-state index in [0.717, 1.165) is 17.0 Å². The van der Waals surface area contributed by atoms with Crippen molar-refractivity contribution in [2.45, 2.75) is 20.8 Å². The predicted molar refractivity (Wildman–Crippen MR) is 122 cm³/mol. The van der Waals surface area contributed by atoms with Gasteiger partial charge >= 0.3 is 0 Å². The first kappa shape index (κ1) is 22.4. The third-order valence-corrected chi connectivity index (χ3v) is 5.02. The molecule has 0 aliphatic carbocycles. The Morgan fingerprint density at radius 3 is 2.29 bits per heavy atom. The van der Waals surface area contributed by atoms with E-state index in [2.05, 4.69) is 10.3 Å². The van der Waals surface area contributed by atoms with Gasteiger partial charge in [-0.15, -0.1) is 11.3 Å². The summed E-state index contributed by atoms with van der Waals surface area (Å²) in [7, 11) is 1.62. The topological polar surface area (TPSA) is 78.9 Å². The number of carbonyl (C=O) groups excluding carboxylic acids is 1. The molecule has 1 aromatic heterocycles. The fourth-order valence-electron chi connectivity index (χ4n) is 2.94. The van der Waals surface area contributed by atoms with Crippen LogP contribution in [0.1, 0.15) is 31.1 Å². The van der Waals surface area contributed by atoms with E-state index in [9.17, 15) is 4.79 Å². The molecule has 0 atom stereocenters. The fraction of sp³-hybridized carbons (Fsp3) is 0.304. The van der Waals surface area contributed by atoms with Crippen LogP contribution in [0.3, 0.4) is 0 Å². The van der Waals surface area contributed by atoms with Gasteiger partial charge in [0.1, 0.15) is 5.75 Å². The van der Waals surface area contributed by atoms with E-state index >= 15 is 0 Å².